The van der Waals surface area contributed by atoms with Crippen molar-refractivity contribution in [3.8, 4) is 0 Å². The number of ether oxygens (including phenoxy) is 1. The number of likely N-dealkylation sites (N-methyl/N-ethyl adjacent to an activating group) is 1. The molecule has 0 saturated heterocycles. The minimum atomic E-state index is -4.71. The van der Waals surface area contributed by atoms with Crippen LogP contribution in [0.2, 0.25) is 0 Å². The van der Waals surface area contributed by atoms with Gasteiger partial charge in [-0.15, -0.1) is 0 Å². The third-order valence-corrected chi connectivity index (χ3v) is 15.3. The largest absolute Gasteiger partial charge is 0.756 e. The number of phosphoric acid groups is 1. The van der Waals surface area contributed by atoms with Crippen LogP contribution in [0, 0.1) is 0 Å². The van der Waals surface area contributed by atoms with Crippen LogP contribution in [0.1, 0.15) is 297 Å². The van der Waals surface area contributed by atoms with Crippen LogP contribution in [0.15, 0.2) is 72.9 Å². The predicted molar refractivity (Wildman–Crippen MR) is 335 cm³/mol. The lowest BCUT2D eigenvalue weighted by Crippen LogP contribution is -2.47. The SMILES string of the molecule is CCCCC/C=C\C/C=C\C/C=C\C/C=C\CCCCCCCCCC(=O)OC(/C=C\CCCCCCCCCCCCC)C(COP(=O)([O-])OCC[N+](C)(C)C)NC(=O)CCCCCCC/C=C/CCCCCCCCC. The molecule has 0 aromatic carbocycles. The van der Waals surface area contributed by atoms with Gasteiger partial charge in [0.15, 0.2) is 0 Å². The second-order valence-electron chi connectivity index (χ2n) is 23.3. The van der Waals surface area contributed by atoms with Crippen molar-refractivity contribution in [2.45, 2.75) is 309 Å². The highest BCUT2D eigenvalue weighted by molar-refractivity contribution is 7.45. The summed E-state index contributed by atoms with van der Waals surface area (Å²) in [5.74, 6) is -0.558. The fourth-order valence-electron chi connectivity index (χ4n) is 9.27. The maximum absolute atomic E-state index is 13.5. The van der Waals surface area contributed by atoms with E-state index in [-0.39, 0.29) is 24.9 Å². The zero-order valence-corrected chi connectivity index (χ0v) is 52.8. The zero-order chi connectivity index (χ0) is 57.2. The van der Waals surface area contributed by atoms with E-state index >= 15 is 0 Å². The van der Waals surface area contributed by atoms with Gasteiger partial charge in [0.05, 0.1) is 33.8 Å². The molecule has 0 aliphatic rings. The summed E-state index contributed by atoms with van der Waals surface area (Å²) in [6, 6.07) is -0.900. The van der Waals surface area contributed by atoms with E-state index in [1.165, 1.54) is 154 Å². The van der Waals surface area contributed by atoms with Crippen LogP contribution in [0.4, 0.5) is 0 Å². The van der Waals surface area contributed by atoms with Crippen LogP contribution in [-0.2, 0) is 27.9 Å². The van der Waals surface area contributed by atoms with Crippen molar-refractivity contribution in [3.05, 3.63) is 72.9 Å². The Bertz CT molecular complexity index is 1570. The van der Waals surface area contributed by atoms with Gasteiger partial charge in [-0.05, 0) is 102 Å². The smallest absolute Gasteiger partial charge is 0.306 e. The number of phosphoric ester groups is 1. The summed E-state index contributed by atoms with van der Waals surface area (Å²) in [6.45, 7) is 6.82. The van der Waals surface area contributed by atoms with Crippen molar-refractivity contribution in [2.24, 2.45) is 0 Å². The summed E-state index contributed by atoms with van der Waals surface area (Å²) in [5, 5.41) is 3.03. The van der Waals surface area contributed by atoms with Crippen molar-refractivity contribution < 1.29 is 37.3 Å². The van der Waals surface area contributed by atoms with Crippen molar-refractivity contribution in [1.29, 1.82) is 0 Å². The van der Waals surface area contributed by atoms with E-state index in [0.717, 1.165) is 109 Å². The van der Waals surface area contributed by atoms with Gasteiger partial charge in [0.1, 0.15) is 19.3 Å². The number of esters is 1. The maximum atomic E-state index is 13.5. The number of hydrogen-bond donors (Lipinski definition) is 1. The van der Waals surface area contributed by atoms with Gasteiger partial charge in [-0.1, -0.05) is 255 Å². The van der Waals surface area contributed by atoms with Crippen molar-refractivity contribution in [2.75, 3.05) is 40.9 Å². The van der Waals surface area contributed by atoms with Gasteiger partial charge in [-0.2, -0.15) is 0 Å². The van der Waals surface area contributed by atoms with Crippen LogP contribution in [0.25, 0.3) is 0 Å². The molecule has 1 amide bonds. The molecule has 78 heavy (non-hydrogen) atoms. The summed E-state index contributed by atoms with van der Waals surface area (Å²) in [4.78, 5) is 40.1. The van der Waals surface area contributed by atoms with Gasteiger partial charge in [-0.25, -0.2) is 0 Å². The molecule has 3 unspecified atom stereocenters. The minimum absolute atomic E-state index is 0.0275. The third-order valence-electron chi connectivity index (χ3n) is 14.4. The average molecular weight is 1110 g/mol. The number of unbranched alkanes of at least 4 members (excludes halogenated alkanes) is 33. The van der Waals surface area contributed by atoms with E-state index in [2.05, 4.69) is 86.8 Å². The molecule has 0 saturated carbocycles. The van der Waals surface area contributed by atoms with E-state index in [1.54, 1.807) is 0 Å². The van der Waals surface area contributed by atoms with E-state index in [4.69, 9.17) is 13.8 Å². The number of carbonyl (C=O) groups excluding carboxylic acids is 2. The Morgan fingerprint density at radius 3 is 1.21 bits per heavy atom. The Morgan fingerprint density at radius 2 is 0.782 bits per heavy atom. The summed E-state index contributed by atoms with van der Waals surface area (Å²) in [7, 11) is 1.17. The molecule has 0 rings (SSSR count). The molecule has 0 radical (unpaired) electrons. The van der Waals surface area contributed by atoms with Crippen molar-refractivity contribution >= 4 is 19.7 Å². The van der Waals surface area contributed by atoms with Crippen molar-refractivity contribution in [1.82, 2.24) is 5.32 Å². The molecule has 0 aromatic rings. The Balaban J connectivity index is 5.25. The number of allylic oxidation sites excluding steroid dienone is 11. The third kappa shape index (κ3) is 58.1. The molecule has 0 bridgehead atoms. The Kier molecular flexibility index (Phi) is 55.8. The Morgan fingerprint density at radius 1 is 0.449 bits per heavy atom. The van der Waals surface area contributed by atoms with Gasteiger partial charge in [-0.3, -0.25) is 14.2 Å². The van der Waals surface area contributed by atoms with E-state index in [0.29, 0.717) is 17.4 Å². The van der Waals surface area contributed by atoms with Crippen LogP contribution in [0.5, 0.6) is 0 Å². The molecule has 0 fully saturated rings. The molecule has 0 aliphatic heterocycles. The summed E-state index contributed by atoms with van der Waals surface area (Å²) in [5.41, 5.74) is 0. The fraction of sp³-hybridized carbons (Fsp3) is 0.794. The molecular formula is C68H125N2O7P. The molecule has 0 heterocycles. The molecule has 3 atom stereocenters. The number of amides is 1. The quantitative estimate of drug-likeness (QED) is 0.0212. The molecule has 0 aliphatic carbocycles. The molecule has 10 heteroatoms. The van der Waals surface area contributed by atoms with E-state index in [9.17, 15) is 19.0 Å². The Hall–Kier alpha value is -2.55. The number of nitrogens with one attached hydrogen (secondary N) is 1. The second kappa shape index (κ2) is 57.7. The molecule has 1 N–H and O–H groups in total. The number of quaternary nitrogens is 1. The van der Waals surface area contributed by atoms with Gasteiger partial charge < -0.3 is 28.5 Å². The van der Waals surface area contributed by atoms with Gasteiger partial charge in [0.2, 0.25) is 5.91 Å². The van der Waals surface area contributed by atoms with Gasteiger partial charge >= 0.3 is 5.97 Å². The molecule has 0 aromatic heterocycles. The summed E-state index contributed by atoms with van der Waals surface area (Å²) < 4.78 is 30.4. The van der Waals surface area contributed by atoms with Crippen LogP contribution in [0.3, 0.4) is 0 Å². The maximum Gasteiger partial charge on any atom is 0.306 e. The van der Waals surface area contributed by atoms with Crippen LogP contribution < -0.4 is 10.2 Å². The van der Waals surface area contributed by atoms with Crippen molar-refractivity contribution in [3.63, 3.8) is 0 Å². The summed E-state index contributed by atoms with van der Waals surface area (Å²) in [6.07, 6.45) is 74.3. The first kappa shape index (κ1) is 75.5. The normalized spacial score (nSPS) is 14.1. The molecule has 9 nitrogen and oxygen atoms in total. The van der Waals surface area contributed by atoms with Crippen LogP contribution in [-0.4, -0.2) is 69.4 Å². The predicted octanol–water partition coefficient (Wildman–Crippen LogP) is 19.8. The fourth-order valence-corrected chi connectivity index (χ4v) is 9.99. The van der Waals surface area contributed by atoms with Crippen LogP contribution >= 0.6 is 7.82 Å². The highest BCUT2D eigenvalue weighted by atomic mass is 31.2. The van der Waals surface area contributed by atoms with Gasteiger partial charge in [0.25, 0.3) is 7.82 Å². The molecule has 454 valence electrons. The first-order chi connectivity index (χ1) is 37.9. The zero-order valence-electron chi connectivity index (χ0n) is 51.9. The number of carbonyl (C=O) groups is 2. The first-order valence-electron chi connectivity index (χ1n) is 32.7. The second-order valence-corrected chi connectivity index (χ2v) is 24.7. The van der Waals surface area contributed by atoms with E-state index < -0.39 is 26.6 Å². The number of nitrogens with zero attached hydrogens (tertiary/aromatic N) is 1. The highest BCUT2D eigenvalue weighted by Crippen LogP contribution is 2.38. The number of hydrogen-bond acceptors (Lipinski definition) is 7. The monoisotopic (exact) mass is 1110 g/mol. The summed E-state index contributed by atoms with van der Waals surface area (Å²) >= 11 is 0. The minimum Gasteiger partial charge on any atom is -0.756 e. The average Bonchev–Trinajstić information content (AvgIpc) is 3.40. The Labute approximate surface area is 483 Å². The molecular weight excluding hydrogens is 988 g/mol. The lowest BCUT2D eigenvalue weighted by molar-refractivity contribution is -0.870. The lowest BCUT2D eigenvalue weighted by Gasteiger charge is -2.30. The highest BCUT2D eigenvalue weighted by Gasteiger charge is 2.27. The molecule has 0 spiro atoms. The number of rotatable bonds is 59. The first-order valence-corrected chi connectivity index (χ1v) is 34.2. The van der Waals surface area contributed by atoms with Gasteiger partial charge in [0, 0.05) is 12.8 Å². The lowest BCUT2D eigenvalue weighted by atomic mass is 10.0. The topological polar surface area (TPSA) is 114 Å². The standard InChI is InChI=1S/C68H125N2O7P/c1-7-10-13-16-19-22-25-28-30-32-33-34-35-36-37-38-40-43-46-49-52-55-58-61-68(72)77-66(59-56-53-50-47-44-41-27-24-21-18-15-12-9-3)65(64-76-78(73,74)75-63-62-70(4,5)6)69-67(71)60-57-54-51-48-45-42-39-31-29-26-23-20-17-14-11-8-2/h19,22,28,30-31,33-34,36-37,39,56,59,65-66H,7-18,20-21,23-27,29,32,35,38,40-55,57-58,60-64H2,1-6H3,(H-,69,71,73,74)/b22-19-,30-28-,34-33-,37-36-,39-31+,59-56-. The van der Waals surface area contributed by atoms with E-state index in [1.807, 2.05) is 33.3 Å².